The summed E-state index contributed by atoms with van der Waals surface area (Å²) in [5.41, 5.74) is 3.04. The normalized spacial score (nSPS) is 14.2. The van der Waals surface area contributed by atoms with E-state index in [1.54, 1.807) is 12.1 Å². The zero-order valence-electron chi connectivity index (χ0n) is 14.1. The number of nitrogens with zero attached hydrogens (tertiary/aromatic N) is 2. The van der Waals surface area contributed by atoms with E-state index in [1.165, 1.54) is 6.07 Å². The standard InChI is InChI=1S/C20H19N3O3/c24-15-7-6-14(18(25)10-15)11-23-9-8-16-17(12-23)21-19(22-20(16)26)13-4-2-1-3-5-13/h1-7,10,24-25H,8-9,11-12H2,(H,21,22,26). The smallest absolute Gasteiger partial charge is 0.254 e. The van der Waals surface area contributed by atoms with Crippen molar-refractivity contribution in [2.24, 2.45) is 0 Å². The molecule has 0 unspecified atom stereocenters. The van der Waals surface area contributed by atoms with Crippen molar-refractivity contribution in [3.05, 3.63) is 75.7 Å². The number of hydrogen-bond acceptors (Lipinski definition) is 5. The number of phenols is 2. The highest BCUT2D eigenvalue weighted by Crippen LogP contribution is 2.26. The van der Waals surface area contributed by atoms with Crippen LogP contribution in [0.5, 0.6) is 11.5 Å². The third-order valence-electron chi connectivity index (χ3n) is 4.66. The zero-order valence-corrected chi connectivity index (χ0v) is 14.1. The van der Waals surface area contributed by atoms with Crippen LogP contribution in [0.15, 0.2) is 53.3 Å². The third kappa shape index (κ3) is 3.19. The van der Waals surface area contributed by atoms with Crippen molar-refractivity contribution in [3.63, 3.8) is 0 Å². The molecule has 6 nitrogen and oxygen atoms in total. The van der Waals surface area contributed by atoms with Gasteiger partial charge in [0.05, 0.1) is 5.69 Å². The Morgan fingerprint density at radius 3 is 2.69 bits per heavy atom. The molecule has 2 aromatic carbocycles. The molecule has 1 aliphatic heterocycles. The van der Waals surface area contributed by atoms with Gasteiger partial charge >= 0.3 is 0 Å². The van der Waals surface area contributed by atoms with Crippen molar-refractivity contribution in [1.82, 2.24) is 14.9 Å². The Morgan fingerprint density at radius 2 is 1.92 bits per heavy atom. The van der Waals surface area contributed by atoms with Gasteiger partial charge in [0.25, 0.3) is 5.56 Å². The molecular weight excluding hydrogens is 330 g/mol. The Morgan fingerprint density at radius 1 is 1.12 bits per heavy atom. The minimum atomic E-state index is -0.0824. The molecule has 4 rings (SSSR count). The van der Waals surface area contributed by atoms with Gasteiger partial charge in [-0.25, -0.2) is 4.98 Å². The van der Waals surface area contributed by atoms with E-state index in [0.717, 1.165) is 22.4 Å². The van der Waals surface area contributed by atoms with E-state index in [9.17, 15) is 15.0 Å². The Balaban J connectivity index is 1.61. The van der Waals surface area contributed by atoms with E-state index in [-0.39, 0.29) is 17.1 Å². The first-order valence-corrected chi connectivity index (χ1v) is 8.51. The lowest BCUT2D eigenvalue weighted by Crippen LogP contribution is -2.35. The first-order chi connectivity index (χ1) is 12.6. The van der Waals surface area contributed by atoms with Crippen LogP contribution < -0.4 is 5.56 Å². The highest BCUT2D eigenvalue weighted by molar-refractivity contribution is 5.54. The van der Waals surface area contributed by atoms with Crippen LogP contribution in [0.1, 0.15) is 16.8 Å². The van der Waals surface area contributed by atoms with Crippen LogP contribution in [0.4, 0.5) is 0 Å². The average Bonchev–Trinajstić information content (AvgIpc) is 2.64. The number of aromatic amines is 1. The van der Waals surface area contributed by atoms with Gasteiger partial charge in [0, 0.05) is 42.4 Å². The topological polar surface area (TPSA) is 89.5 Å². The van der Waals surface area contributed by atoms with Gasteiger partial charge in [0.15, 0.2) is 0 Å². The summed E-state index contributed by atoms with van der Waals surface area (Å²) in [4.78, 5) is 22.1. The highest BCUT2D eigenvalue weighted by atomic mass is 16.3. The number of aromatic hydroxyl groups is 2. The molecule has 1 aromatic heterocycles. The maximum atomic E-state index is 12.4. The average molecular weight is 349 g/mol. The van der Waals surface area contributed by atoms with E-state index in [2.05, 4.69) is 14.9 Å². The Kier molecular flexibility index (Phi) is 4.18. The fourth-order valence-corrected chi connectivity index (χ4v) is 3.29. The molecule has 26 heavy (non-hydrogen) atoms. The van der Waals surface area contributed by atoms with E-state index >= 15 is 0 Å². The van der Waals surface area contributed by atoms with Crippen LogP contribution in [-0.4, -0.2) is 31.6 Å². The predicted octanol–water partition coefficient (Wildman–Crippen LogP) is 2.41. The monoisotopic (exact) mass is 349 g/mol. The lowest BCUT2D eigenvalue weighted by molar-refractivity contribution is 0.237. The van der Waals surface area contributed by atoms with E-state index in [0.29, 0.717) is 31.9 Å². The molecule has 0 aliphatic carbocycles. The summed E-state index contributed by atoms with van der Waals surface area (Å²) < 4.78 is 0. The Hall–Kier alpha value is -3.12. The molecule has 0 atom stereocenters. The number of phenolic OH excluding ortho intramolecular Hbond substituents is 2. The van der Waals surface area contributed by atoms with Gasteiger partial charge in [-0.3, -0.25) is 9.69 Å². The Labute approximate surface area is 150 Å². The summed E-state index contributed by atoms with van der Waals surface area (Å²) in [5, 5.41) is 19.4. The Bertz CT molecular complexity index is 999. The molecule has 3 N–H and O–H groups in total. The van der Waals surface area contributed by atoms with E-state index in [1.807, 2.05) is 30.3 Å². The van der Waals surface area contributed by atoms with E-state index in [4.69, 9.17) is 0 Å². The van der Waals surface area contributed by atoms with Crippen molar-refractivity contribution in [3.8, 4) is 22.9 Å². The summed E-state index contributed by atoms with van der Waals surface area (Å²) in [6.45, 7) is 1.78. The number of hydrogen-bond donors (Lipinski definition) is 3. The quantitative estimate of drug-likeness (QED) is 0.676. The number of benzene rings is 2. The van der Waals surface area contributed by atoms with Crippen LogP contribution in [0.2, 0.25) is 0 Å². The van der Waals surface area contributed by atoms with Gasteiger partial charge in [-0.1, -0.05) is 36.4 Å². The minimum absolute atomic E-state index is 0.0379. The SMILES string of the molecule is O=c1[nH]c(-c2ccccc2)nc2c1CCN(Cc1ccc(O)cc1O)C2. The van der Waals surface area contributed by atoms with Crippen molar-refractivity contribution in [2.45, 2.75) is 19.5 Å². The largest absolute Gasteiger partial charge is 0.508 e. The van der Waals surface area contributed by atoms with Gasteiger partial charge in [-0.2, -0.15) is 0 Å². The summed E-state index contributed by atoms with van der Waals surface area (Å²) in [6.07, 6.45) is 0.617. The van der Waals surface area contributed by atoms with Crippen molar-refractivity contribution in [2.75, 3.05) is 6.54 Å². The van der Waals surface area contributed by atoms with Gasteiger partial charge in [-0.15, -0.1) is 0 Å². The summed E-state index contributed by atoms with van der Waals surface area (Å²) in [7, 11) is 0. The molecule has 1 aliphatic rings. The number of H-pyrrole nitrogens is 1. The zero-order chi connectivity index (χ0) is 18.1. The van der Waals surface area contributed by atoms with Crippen molar-refractivity contribution >= 4 is 0 Å². The van der Waals surface area contributed by atoms with Gasteiger partial charge in [0.1, 0.15) is 17.3 Å². The molecule has 6 heteroatoms. The fraction of sp³-hybridized carbons (Fsp3) is 0.200. The lowest BCUT2D eigenvalue weighted by atomic mass is 10.0. The van der Waals surface area contributed by atoms with Crippen LogP contribution in [0, 0.1) is 0 Å². The summed E-state index contributed by atoms with van der Waals surface area (Å²) in [5.74, 6) is 0.680. The predicted molar refractivity (Wildman–Crippen MR) is 97.9 cm³/mol. The van der Waals surface area contributed by atoms with Gasteiger partial charge in [0.2, 0.25) is 0 Å². The number of aromatic nitrogens is 2. The molecule has 0 radical (unpaired) electrons. The lowest BCUT2D eigenvalue weighted by Gasteiger charge is -2.28. The third-order valence-corrected chi connectivity index (χ3v) is 4.66. The molecule has 0 amide bonds. The molecular formula is C20H19N3O3. The molecule has 0 fully saturated rings. The van der Waals surface area contributed by atoms with Crippen LogP contribution >= 0.6 is 0 Å². The van der Waals surface area contributed by atoms with Crippen molar-refractivity contribution < 1.29 is 10.2 Å². The maximum Gasteiger partial charge on any atom is 0.254 e. The minimum Gasteiger partial charge on any atom is -0.508 e. The fourth-order valence-electron chi connectivity index (χ4n) is 3.29. The van der Waals surface area contributed by atoms with Gasteiger partial charge in [-0.05, 0) is 12.5 Å². The first-order valence-electron chi connectivity index (χ1n) is 8.51. The van der Waals surface area contributed by atoms with Crippen LogP contribution in [-0.2, 0) is 19.5 Å². The second kappa shape index (κ2) is 6.65. The highest BCUT2D eigenvalue weighted by Gasteiger charge is 2.22. The first kappa shape index (κ1) is 16.4. The second-order valence-electron chi connectivity index (χ2n) is 6.48. The van der Waals surface area contributed by atoms with Crippen LogP contribution in [0.3, 0.4) is 0 Å². The van der Waals surface area contributed by atoms with Crippen LogP contribution in [0.25, 0.3) is 11.4 Å². The molecule has 0 spiro atoms. The molecule has 0 saturated carbocycles. The van der Waals surface area contributed by atoms with Gasteiger partial charge < -0.3 is 15.2 Å². The summed E-state index contributed by atoms with van der Waals surface area (Å²) in [6, 6.07) is 14.2. The summed E-state index contributed by atoms with van der Waals surface area (Å²) >= 11 is 0. The molecule has 132 valence electrons. The van der Waals surface area contributed by atoms with Crippen molar-refractivity contribution in [1.29, 1.82) is 0 Å². The number of fused-ring (bicyclic) bond motifs is 1. The molecule has 0 saturated heterocycles. The number of nitrogens with one attached hydrogen (secondary N) is 1. The molecule has 0 bridgehead atoms. The molecule has 2 heterocycles. The van der Waals surface area contributed by atoms with E-state index < -0.39 is 0 Å². The maximum absolute atomic E-state index is 12.4. The molecule has 3 aromatic rings. The number of rotatable bonds is 3. The second-order valence-corrected chi connectivity index (χ2v) is 6.48.